The second-order valence-corrected chi connectivity index (χ2v) is 5.78. The van der Waals surface area contributed by atoms with Crippen LogP contribution in [0, 0.1) is 5.92 Å². The first-order valence-corrected chi connectivity index (χ1v) is 7.22. The number of fused-ring (bicyclic) bond motifs is 1. The SMILES string of the molecule is CC1Cc2ccccc2N(c2cc(C(C)N)ccn2)C1. The largest absolute Gasteiger partial charge is 0.326 e. The molecule has 2 aromatic rings. The molecule has 0 radical (unpaired) electrons. The van der Waals surface area contributed by atoms with E-state index < -0.39 is 0 Å². The van der Waals surface area contributed by atoms with Gasteiger partial charge < -0.3 is 10.6 Å². The van der Waals surface area contributed by atoms with Gasteiger partial charge in [0.25, 0.3) is 0 Å². The number of nitrogens with zero attached hydrogens (tertiary/aromatic N) is 2. The number of rotatable bonds is 2. The van der Waals surface area contributed by atoms with Gasteiger partial charge in [0.05, 0.1) is 0 Å². The normalized spacial score (nSPS) is 19.6. The van der Waals surface area contributed by atoms with E-state index in [0.717, 1.165) is 24.3 Å². The van der Waals surface area contributed by atoms with Crippen molar-refractivity contribution in [3.05, 3.63) is 53.7 Å². The average molecular weight is 267 g/mol. The molecule has 20 heavy (non-hydrogen) atoms. The summed E-state index contributed by atoms with van der Waals surface area (Å²) in [5.74, 6) is 1.63. The fraction of sp³-hybridized carbons (Fsp3) is 0.353. The predicted octanol–water partition coefficient (Wildman–Crippen LogP) is 3.43. The summed E-state index contributed by atoms with van der Waals surface area (Å²) in [7, 11) is 0. The molecule has 2 heterocycles. The van der Waals surface area contributed by atoms with Crippen LogP contribution in [0.4, 0.5) is 11.5 Å². The third-order valence-electron chi connectivity index (χ3n) is 3.92. The Morgan fingerprint density at radius 3 is 2.90 bits per heavy atom. The van der Waals surface area contributed by atoms with Crippen molar-refractivity contribution in [2.24, 2.45) is 11.7 Å². The van der Waals surface area contributed by atoms with E-state index in [0.29, 0.717) is 5.92 Å². The highest BCUT2D eigenvalue weighted by Gasteiger charge is 2.23. The highest BCUT2D eigenvalue weighted by molar-refractivity contribution is 5.66. The molecule has 1 aromatic heterocycles. The molecule has 0 bridgehead atoms. The number of pyridine rings is 1. The smallest absolute Gasteiger partial charge is 0.133 e. The quantitative estimate of drug-likeness (QED) is 0.906. The van der Waals surface area contributed by atoms with Gasteiger partial charge in [-0.2, -0.15) is 0 Å². The van der Waals surface area contributed by atoms with Crippen LogP contribution < -0.4 is 10.6 Å². The molecular formula is C17H21N3. The summed E-state index contributed by atoms with van der Waals surface area (Å²) in [6.07, 6.45) is 3.00. The Kier molecular flexibility index (Phi) is 3.45. The van der Waals surface area contributed by atoms with Gasteiger partial charge in [0.1, 0.15) is 5.82 Å². The van der Waals surface area contributed by atoms with Crippen LogP contribution in [0.1, 0.15) is 31.0 Å². The van der Waals surface area contributed by atoms with E-state index in [1.807, 2.05) is 19.2 Å². The van der Waals surface area contributed by atoms with E-state index in [1.54, 1.807) is 0 Å². The van der Waals surface area contributed by atoms with Crippen LogP contribution in [0.15, 0.2) is 42.6 Å². The minimum atomic E-state index is 0.0363. The first kappa shape index (κ1) is 13.1. The average Bonchev–Trinajstić information content (AvgIpc) is 2.46. The molecule has 1 aromatic carbocycles. The van der Waals surface area contributed by atoms with Crippen molar-refractivity contribution < 1.29 is 0 Å². The highest BCUT2D eigenvalue weighted by atomic mass is 15.2. The molecule has 1 aliphatic heterocycles. The molecule has 3 heteroatoms. The molecule has 0 saturated heterocycles. The van der Waals surface area contributed by atoms with Crippen LogP contribution in [0.5, 0.6) is 0 Å². The van der Waals surface area contributed by atoms with E-state index in [9.17, 15) is 0 Å². The zero-order valence-electron chi connectivity index (χ0n) is 12.1. The lowest BCUT2D eigenvalue weighted by Gasteiger charge is -2.34. The molecule has 0 saturated carbocycles. The summed E-state index contributed by atoms with van der Waals surface area (Å²) >= 11 is 0. The van der Waals surface area contributed by atoms with Crippen LogP contribution in [0.2, 0.25) is 0 Å². The minimum Gasteiger partial charge on any atom is -0.326 e. The van der Waals surface area contributed by atoms with Gasteiger partial charge in [-0.05, 0) is 48.6 Å². The summed E-state index contributed by atoms with van der Waals surface area (Å²) in [5, 5.41) is 0. The summed E-state index contributed by atoms with van der Waals surface area (Å²) in [6.45, 7) is 5.30. The van der Waals surface area contributed by atoms with Crippen LogP contribution in [0.3, 0.4) is 0 Å². The van der Waals surface area contributed by atoms with Crippen molar-refractivity contribution in [3.8, 4) is 0 Å². The summed E-state index contributed by atoms with van der Waals surface area (Å²) in [5.41, 5.74) is 9.80. The zero-order valence-corrected chi connectivity index (χ0v) is 12.1. The third-order valence-corrected chi connectivity index (χ3v) is 3.92. The third kappa shape index (κ3) is 2.41. The van der Waals surface area contributed by atoms with Gasteiger partial charge in [0, 0.05) is 24.5 Å². The molecule has 0 amide bonds. The Morgan fingerprint density at radius 2 is 2.10 bits per heavy atom. The van der Waals surface area contributed by atoms with Crippen LogP contribution in [0.25, 0.3) is 0 Å². The standard InChI is InChI=1S/C17H21N3/c1-12-9-15-5-3-4-6-16(15)20(11-12)17-10-14(13(2)18)7-8-19-17/h3-8,10,12-13H,9,11,18H2,1-2H3. The van der Waals surface area contributed by atoms with Crippen molar-refractivity contribution in [2.45, 2.75) is 26.3 Å². The molecule has 3 nitrogen and oxygen atoms in total. The van der Waals surface area contributed by atoms with Crippen molar-refractivity contribution in [2.75, 3.05) is 11.4 Å². The second kappa shape index (κ2) is 5.25. The lowest BCUT2D eigenvalue weighted by molar-refractivity contribution is 0.560. The van der Waals surface area contributed by atoms with Gasteiger partial charge in [-0.25, -0.2) is 4.98 Å². The molecule has 1 aliphatic rings. The monoisotopic (exact) mass is 267 g/mol. The summed E-state index contributed by atoms with van der Waals surface area (Å²) < 4.78 is 0. The maximum Gasteiger partial charge on any atom is 0.133 e. The maximum atomic E-state index is 5.99. The zero-order chi connectivity index (χ0) is 14.1. The van der Waals surface area contributed by atoms with E-state index in [2.05, 4.69) is 47.1 Å². The number of anilines is 2. The second-order valence-electron chi connectivity index (χ2n) is 5.78. The Labute approximate surface area is 120 Å². The molecule has 0 fully saturated rings. The number of para-hydroxylation sites is 1. The van der Waals surface area contributed by atoms with Crippen LogP contribution in [-0.2, 0) is 6.42 Å². The fourth-order valence-electron chi connectivity index (χ4n) is 2.88. The lowest BCUT2D eigenvalue weighted by Crippen LogP contribution is -2.31. The van der Waals surface area contributed by atoms with Gasteiger partial charge in [0.15, 0.2) is 0 Å². The van der Waals surface area contributed by atoms with E-state index in [-0.39, 0.29) is 6.04 Å². The molecule has 0 spiro atoms. The molecule has 104 valence electrons. The van der Waals surface area contributed by atoms with Crippen molar-refractivity contribution in [3.63, 3.8) is 0 Å². The summed E-state index contributed by atoms with van der Waals surface area (Å²) in [6, 6.07) is 12.7. The first-order valence-electron chi connectivity index (χ1n) is 7.22. The van der Waals surface area contributed by atoms with Crippen molar-refractivity contribution >= 4 is 11.5 Å². The molecule has 0 aliphatic carbocycles. The topological polar surface area (TPSA) is 42.1 Å². The number of nitrogens with two attached hydrogens (primary N) is 1. The Bertz CT molecular complexity index is 607. The Hall–Kier alpha value is -1.87. The molecular weight excluding hydrogens is 246 g/mol. The van der Waals surface area contributed by atoms with Crippen molar-refractivity contribution in [1.29, 1.82) is 0 Å². The Balaban J connectivity index is 2.04. The van der Waals surface area contributed by atoms with E-state index in [4.69, 9.17) is 5.73 Å². The van der Waals surface area contributed by atoms with Gasteiger partial charge >= 0.3 is 0 Å². The number of benzene rings is 1. The molecule has 2 N–H and O–H groups in total. The maximum absolute atomic E-state index is 5.99. The number of hydrogen-bond acceptors (Lipinski definition) is 3. The number of aromatic nitrogens is 1. The van der Waals surface area contributed by atoms with Crippen LogP contribution >= 0.6 is 0 Å². The van der Waals surface area contributed by atoms with Crippen LogP contribution in [-0.4, -0.2) is 11.5 Å². The molecule has 2 atom stereocenters. The van der Waals surface area contributed by atoms with E-state index in [1.165, 1.54) is 11.3 Å². The minimum absolute atomic E-state index is 0.0363. The van der Waals surface area contributed by atoms with E-state index >= 15 is 0 Å². The highest BCUT2D eigenvalue weighted by Crippen LogP contribution is 2.34. The number of hydrogen-bond donors (Lipinski definition) is 1. The van der Waals surface area contributed by atoms with Gasteiger partial charge in [-0.3, -0.25) is 0 Å². The molecule has 2 unspecified atom stereocenters. The van der Waals surface area contributed by atoms with Crippen molar-refractivity contribution in [1.82, 2.24) is 4.98 Å². The summed E-state index contributed by atoms with van der Waals surface area (Å²) in [4.78, 5) is 6.86. The fourth-order valence-corrected chi connectivity index (χ4v) is 2.88. The Morgan fingerprint density at radius 1 is 1.30 bits per heavy atom. The lowest BCUT2D eigenvalue weighted by atomic mass is 9.94. The first-order chi connectivity index (χ1) is 9.65. The van der Waals surface area contributed by atoms with Gasteiger partial charge in [0.2, 0.25) is 0 Å². The van der Waals surface area contributed by atoms with Gasteiger partial charge in [-0.1, -0.05) is 25.1 Å². The predicted molar refractivity (Wildman–Crippen MR) is 83.2 cm³/mol. The molecule has 3 rings (SSSR count). The van der Waals surface area contributed by atoms with Gasteiger partial charge in [-0.15, -0.1) is 0 Å².